The van der Waals surface area contributed by atoms with Crippen LogP contribution in [0.5, 0.6) is 0 Å². The highest BCUT2D eigenvalue weighted by atomic mass is 35.5. The average Bonchev–Trinajstić information content (AvgIpc) is 2.92. The van der Waals surface area contributed by atoms with Crippen molar-refractivity contribution in [3.05, 3.63) is 16.5 Å². The fourth-order valence-corrected chi connectivity index (χ4v) is 2.78. The summed E-state index contributed by atoms with van der Waals surface area (Å²) in [6.45, 7) is 6.20. The molecule has 0 spiro atoms. The number of amides is 1. The zero-order valence-corrected chi connectivity index (χ0v) is 12.8. The number of nitrogens with zero attached hydrogens (tertiary/aromatic N) is 3. The van der Waals surface area contributed by atoms with E-state index in [0.29, 0.717) is 23.9 Å². The first-order chi connectivity index (χ1) is 9.61. The molecule has 1 aliphatic heterocycles. The lowest BCUT2D eigenvalue weighted by molar-refractivity contribution is -0.129. The van der Waals surface area contributed by atoms with Crippen LogP contribution in [-0.4, -0.2) is 40.4 Å². The minimum Gasteiger partial charge on any atom is -0.369 e. The second-order valence-electron chi connectivity index (χ2n) is 5.01. The number of nitrogens with one attached hydrogen (secondary N) is 1. The molecule has 0 radical (unpaired) electrons. The number of hydrogen-bond donors (Lipinski definition) is 1. The van der Waals surface area contributed by atoms with Gasteiger partial charge in [0.1, 0.15) is 16.8 Å². The predicted molar refractivity (Wildman–Crippen MR) is 80.1 cm³/mol. The number of carbonyl (C=O) groups is 1. The van der Waals surface area contributed by atoms with Gasteiger partial charge in [0, 0.05) is 31.6 Å². The lowest BCUT2D eigenvalue weighted by atomic mass is 10.2. The van der Waals surface area contributed by atoms with E-state index in [1.165, 1.54) is 0 Å². The van der Waals surface area contributed by atoms with Gasteiger partial charge in [0.15, 0.2) is 0 Å². The van der Waals surface area contributed by atoms with Gasteiger partial charge in [0.2, 0.25) is 5.91 Å². The normalized spacial score (nSPS) is 14.7. The van der Waals surface area contributed by atoms with Gasteiger partial charge >= 0.3 is 0 Å². The average molecular weight is 297 g/mol. The monoisotopic (exact) mass is 296 g/mol. The molecule has 2 heterocycles. The molecule has 0 aromatic carbocycles. The molecule has 0 unspecified atom stereocenters. The molecule has 1 fully saturated rings. The van der Waals surface area contributed by atoms with Gasteiger partial charge in [-0.05, 0) is 26.2 Å². The third-order valence-electron chi connectivity index (χ3n) is 3.51. The zero-order chi connectivity index (χ0) is 14.5. The Morgan fingerprint density at radius 3 is 2.70 bits per heavy atom. The van der Waals surface area contributed by atoms with Crippen molar-refractivity contribution in [2.45, 2.75) is 39.5 Å². The largest absolute Gasteiger partial charge is 0.369 e. The summed E-state index contributed by atoms with van der Waals surface area (Å²) < 4.78 is 0. The van der Waals surface area contributed by atoms with Gasteiger partial charge in [0.25, 0.3) is 0 Å². The molecular formula is C14H21ClN4O. The molecule has 110 valence electrons. The first-order valence-electron chi connectivity index (χ1n) is 7.16. The summed E-state index contributed by atoms with van der Waals surface area (Å²) in [6.07, 6.45) is 3.51. The Kier molecular flexibility index (Phi) is 5.17. The fraction of sp³-hybridized carbons (Fsp3) is 0.643. The second kappa shape index (κ2) is 6.88. The maximum Gasteiger partial charge on any atom is 0.224 e. The summed E-state index contributed by atoms with van der Waals surface area (Å²) in [5.41, 5.74) is 0.908. The van der Waals surface area contributed by atoms with Gasteiger partial charge in [-0.15, -0.1) is 0 Å². The lowest BCUT2D eigenvalue weighted by Gasteiger charge is -2.16. The smallest absolute Gasteiger partial charge is 0.224 e. The van der Waals surface area contributed by atoms with Crippen LogP contribution in [0.3, 0.4) is 0 Å². The number of rotatable bonds is 5. The van der Waals surface area contributed by atoms with Crippen molar-refractivity contribution < 1.29 is 4.79 Å². The lowest BCUT2D eigenvalue weighted by Crippen LogP contribution is -2.29. The predicted octanol–water partition coefficient (Wildman–Crippen LogP) is 2.43. The van der Waals surface area contributed by atoms with E-state index in [4.69, 9.17) is 11.6 Å². The van der Waals surface area contributed by atoms with E-state index in [1.807, 2.05) is 18.7 Å². The SMILES string of the molecule is CCc1c(Cl)nc(C)nc1NCCC(=O)N1CCCC1. The first-order valence-corrected chi connectivity index (χ1v) is 7.54. The van der Waals surface area contributed by atoms with E-state index in [2.05, 4.69) is 15.3 Å². The molecule has 6 heteroatoms. The van der Waals surface area contributed by atoms with Crippen LogP contribution >= 0.6 is 11.6 Å². The Labute approximate surface area is 124 Å². The molecule has 0 atom stereocenters. The molecule has 1 N–H and O–H groups in total. The summed E-state index contributed by atoms with van der Waals surface area (Å²) in [6, 6.07) is 0. The van der Waals surface area contributed by atoms with Crippen LogP contribution < -0.4 is 5.32 Å². The van der Waals surface area contributed by atoms with Crippen molar-refractivity contribution in [3.63, 3.8) is 0 Å². The molecule has 2 rings (SSSR count). The molecule has 1 amide bonds. The number of halogens is 1. The molecule has 1 saturated heterocycles. The molecule has 0 bridgehead atoms. The van der Waals surface area contributed by atoms with Gasteiger partial charge < -0.3 is 10.2 Å². The van der Waals surface area contributed by atoms with Crippen LogP contribution in [0, 0.1) is 6.92 Å². The Bertz CT molecular complexity index is 486. The van der Waals surface area contributed by atoms with E-state index >= 15 is 0 Å². The Morgan fingerprint density at radius 2 is 2.05 bits per heavy atom. The van der Waals surface area contributed by atoms with E-state index in [9.17, 15) is 4.79 Å². The number of aryl methyl sites for hydroxylation is 1. The number of hydrogen-bond acceptors (Lipinski definition) is 4. The van der Waals surface area contributed by atoms with Gasteiger partial charge in [-0.3, -0.25) is 4.79 Å². The van der Waals surface area contributed by atoms with E-state index in [0.717, 1.165) is 43.7 Å². The Balaban J connectivity index is 1.92. The molecule has 0 saturated carbocycles. The summed E-state index contributed by atoms with van der Waals surface area (Å²) in [4.78, 5) is 22.4. The van der Waals surface area contributed by atoms with Crippen LogP contribution in [0.15, 0.2) is 0 Å². The maximum atomic E-state index is 12.0. The standard InChI is InChI=1S/C14H21ClN4O/c1-3-11-13(15)17-10(2)18-14(11)16-7-6-12(20)19-8-4-5-9-19/h3-9H2,1-2H3,(H,16,17,18). The molecule has 1 aromatic rings. The minimum atomic E-state index is 0.213. The second-order valence-corrected chi connectivity index (χ2v) is 5.37. The third-order valence-corrected chi connectivity index (χ3v) is 3.82. The van der Waals surface area contributed by atoms with E-state index in [1.54, 1.807) is 0 Å². The van der Waals surface area contributed by atoms with Crippen molar-refractivity contribution in [3.8, 4) is 0 Å². The summed E-state index contributed by atoms with van der Waals surface area (Å²) in [5.74, 6) is 1.60. The molecule has 20 heavy (non-hydrogen) atoms. The number of carbonyl (C=O) groups excluding carboxylic acids is 1. The number of aromatic nitrogens is 2. The molecule has 5 nitrogen and oxygen atoms in total. The fourth-order valence-electron chi connectivity index (χ4n) is 2.43. The first kappa shape index (κ1) is 15.0. The third kappa shape index (κ3) is 3.60. The van der Waals surface area contributed by atoms with Crippen LogP contribution in [0.1, 0.15) is 37.6 Å². The number of anilines is 1. The van der Waals surface area contributed by atoms with Crippen LogP contribution in [0.2, 0.25) is 5.15 Å². The van der Waals surface area contributed by atoms with E-state index in [-0.39, 0.29) is 5.91 Å². The highest BCUT2D eigenvalue weighted by molar-refractivity contribution is 6.30. The van der Waals surface area contributed by atoms with Crippen LogP contribution in [0.4, 0.5) is 5.82 Å². The maximum absolute atomic E-state index is 12.0. The van der Waals surface area contributed by atoms with Crippen LogP contribution in [-0.2, 0) is 11.2 Å². The van der Waals surface area contributed by atoms with Gasteiger partial charge in [-0.25, -0.2) is 9.97 Å². The van der Waals surface area contributed by atoms with Gasteiger partial charge in [0.05, 0.1) is 0 Å². The van der Waals surface area contributed by atoms with Crippen molar-refractivity contribution in [1.82, 2.24) is 14.9 Å². The molecule has 0 aliphatic carbocycles. The topological polar surface area (TPSA) is 58.1 Å². The quantitative estimate of drug-likeness (QED) is 0.848. The van der Waals surface area contributed by atoms with E-state index < -0.39 is 0 Å². The van der Waals surface area contributed by atoms with Crippen LogP contribution in [0.25, 0.3) is 0 Å². The van der Waals surface area contributed by atoms with Crippen molar-refractivity contribution in [2.75, 3.05) is 25.0 Å². The molecule has 1 aliphatic rings. The highest BCUT2D eigenvalue weighted by Crippen LogP contribution is 2.21. The highest BCUT2D eigenvalue weighted by Gasteiger charge is 2.17. The summed E-state index contributed by atoms with van der Waals surface area (Å²) >= 11 is 6.11. The molecule has 1 aromatic heterocycles. The Morgan fingerprint density at radius 1 is 1.35 bits per heavy atom. The zero-order valence-electron chi connectivity index (χ0n) is 12.1. The van der Waals surface area contributed by atoms with Gasteiger partial charge in [-0.2, -0.15) is 0 Å². The summed E-state index contributed by atoms with van der Waals surface area (Å²) in [5, 5.41) is 3.71. The van der Waals surface area contributed by atoms with Crippen molar-refractivity contribution in [2.24, 2.45) is 0 Å². The number of likely N-dealkylation sites (tertiary alicyclic amines) is 1. The minimum absolute atomic E-state index is 0.213. The molecular weight excluding hydrogens is 276 g/mol. The van der Waals surface area contributed by atoms with Gasteiger partial charge in [-0.1, -0.05) is 18.5 Å². The van der Waals surface area contributed by atoms with Crippen molar-refractivity contribution >= 4 is 23.3 Å². The Hall–Kier alpha value is -1.36. The van der Waals surface area contributed by atoms with Crippen molar-refractivity contribution in [1.29, 1.82) is 0 Å². The summed E-state index contributed by atoms with van der Waals surface area (Å²) in [7, 11) is 0.